The van der Waals surface area contributed by atoms with Crippen molar-refractivity contribution >= 4 is 11.6 Å². The van der Waals surface area contributed by atoms with Crippen molar-refractivity contribution in [2.24, 2.45) is 5.10 Å². The second kappa shape index (κ2) is 15.1. The number of carbonyl (C=O) groups excluding carboxylic acids is 1. The topological polar surface area (TPSA) is 87.6 Å². The number of amides is 1. The summed E-state index contributed by atoms with van der Waals surface area (Å²) in [6.45, 7) is 10.1. The maximum Gasteiger partial charge on any atom is 0.240 e. The van der Waals surface area contributed by atoms with Crippen LogP contribution in [-0.2, 0) is 28.5 Å². The van der Waals surface area contributed by atoms with Gasteiger partial charge in [0, 0.05) is 6.42 Å². The van der Waals surface area contributed by atoms with E-state index in [4.69, 9.17) is 23.7 Å². The van der Waals surface area contributed by atoms with Gasteiger partial charge in [-0.05, 0) is 34.1 Å². The van der Waals surface area contributed by atoms with Crippen molar-refractivity contribution < 1.29 is 28.5 Å². The Morgan fingerprint density at radius 2 is 1.34 bits per heavy atom. The van der Waals surface area contributed by atoms with Crippen LogP contribution in [0.1, 0.15) is 137 Å². The molecule has 3 rings (SSSR count). The maximum atomic E-state index is 12.6. The fraction of sp³-hybridized carbons (Fsp3) is 0.933. The molecule has 1 amide bonds. The Kier molecular flexibility index (Phi) is 12.5. The first-order valence-electron chi connectivity index (χ1n) is 15.4. The molecule has 0 radical (unpaired) electrons. The van der Waals surface area contributed by atoms with E-state index in [0.29, 0.717) is 18.7 Å². The highest BCUT2D eigenvalue weighted by molar-refractivity contribution is 5.97. The smallest absolute Gasteiger partial charge is 0.240 e. The number of hydrazone groups is 1. The molecule has 3 saturated heterocycles. The van der Waals surface area contributed by atoms with E-state index in [1.807, 2.05) is 27.7 Å². The van der Waals surface area contributed by atoms with Gasteiger partial charge in [-0.15, -0.1) is 0 Å². The van der Waals surface area contributed by atoms with Gasteiger partial charge in [0.1, 0.15) is 24.5 Å². The van der Waals surface area contributed by atoms with E-state index in [2.05, 4.69) is 17.5 Å². The van der Waals surface area contributed by atoms with Crippen molar-refractivity contribution in [2.45, 2.75) is 167 Å². The van der Waals surface area contributed by atoms with Gasteiger partial charge >= 0.3 is 0 Å². The van der Waals surface area contributed by atoms with Crippen LogP contribution in [0.15, 0.2) is 5.10 Å². The van der Waals surface area contributed by atoms with Crippen LogP contribution in [0.25, 0.3) is 0 Å². The highest BCUT2D eigenvalue weighted by Crippen LogP contribution is 2.42. The van der Waals surface area contributed by atoms with E-state index in [1.165, 1.54) is 83.5 Å². The average molecular weight is 539 g/mol. The zero-order valence-electron chi connectivity index (χ0n) is 24.8. The van der Waals surface area contributed by atoms with Crippen LogP contribution >= 0.6 is 0 Å². The molecule has 8 heteroatoms. The first-order valence-corrected chi connectivity index (χ1v) is 15.4. The molecule has 0 bridgehead atoms. The zero-order valence-corrected chi connectivity index (χ0v) is 24.8. The fourth-order valence-corrected chi connectivity index (χ4v) is 5.60. The minimum Gasteiger partial charge on any atom is -0.344 e. The van der Waals surface area contributed by atoms with E-state index >= 15 is 0 Å². The van der Waals surface area contributed by atoms with Gasteiger partial charge in [0.05, 0.1) is 6.61 Å². The van der Waals surface area contributed by atoms with E-state index < -0.39 is 23.5 Å². The van der Waals surface area contributed by atoms with Gasteiger partial charge in [-0.1, -0.05) is 96.8 Å². The first kappa shape index (κ1) is 31.5. The molecule has 8 nitrogen and oxygen atoms in total. The maximum absolute atomic E-state index is 12.6. The molecule has 0 aromatic rings. The van der Waals surface area contributed by atoms with Gasteiger partial charge in [-0.25, -0.2) is 5.43 Å². The third kappa shape index (κ3) is 9.84. The van der Waals surface area contributed by atoms with Gasteiger partial charge < -0.3 is 23.7 Å². The average Bonchev–Trinajstić information content (AvgIpc) is 3.35. The number of nitrogens with one attached hydrogen (secondary N) is 1. The normalized spacial score (nSPS) is 28.7. The lowest BCUT2D eigenvalue weighted by Crippen LogP contribution is -2.59. The number of hydrogen-bond donors (Lipinski definition) is 1. The van der Waals surface area contributed by atoms with Crippen LogP contribution in [0.4, 0.5) is 0 Å². The molecule has 3 aliphatic rings. The van der Waals surface area contributed by atoms with Crippen molar-refractivity contribution in [1.29, 1.82) is 0 Å². The molecule has 38 heavy (non-hydrogen) atoms. The van der Waals surface area contributed by atoms with Crippen molar-refractivity contribution in [3.63, 3.8) is 0 Å². The van der Waals surface area contributed by atoms with Gasteiger partial charge in [0.25, 0.3) is 0 Å². The van der Waals surface area contributed by atoms with Crippen molar-refractivity contribution in [3.8, 4) is 0 Å². The predicted octanol–water partition coefficient (Wildman–Crippen LogP) is 6.75. The molecular weight excluding hydrogens is 484 g/mol. The highest BCUT2D eigenvalue weighted by Gasteiger charge is 2.61. The van der Waals surface area contributed by atoms with Crippen LogP contribution in [0, 0.1) is 0 Å². The highest BCUT2D eigenvalue weighted by atomic mass is 16.8. The summed E-state index contributed by atoms with van der Waals surface area (Å²) in [5.74, 6) is -2.88. The molecule has 1 N–H and O–H groups in total. The second-order valence-electron chi connectivity index (χ2n) is 12.2. The summed E-state index contributed by atoms with van der Waals surface area (Å²) in [5, 5.41) is 4.46. The van der Waals surface area contributed by atoms with Gasteiger partial charge in [0.15, 0.2) is 11.6 Å². The second-order valence-corrected chi connectivity index (χ2v) is 12.2. The molecule has 0 aliphatic carbocycles. The molecule has 1 spiro atoms. The molecule has 3 heterocycles. The molecule has 0 saturated carbocycles. The number of hydrogen-bond acceptors (Lipinski definition) is 7. The molecule has 0 aromatic heterocycles. The molecular formula is C30H54N2O6. The van der Waals surface area contributed by atoms with Crippen molar-refractivity contribution in [3.05, 3.63) is 0 Å². The molecule has 3 atom stereocenters. The lowest BCUT2D eigenvalue weighted by Gasteiger charge is -2.38. The Balaban J connectivity index is 1.29. The van der Waals surface area contributed by atoms with Crippen LogP contribution in [-0.4, -0.2) is 54.4 Å². The molecule has 3 fully saturated rings. The van der Waals surface area contributed by atoms with Crippen molar-refractivity contribution in [2.75, 3.05) is 13.2 Å². The summed E-state index contributed by atoms with van der Waals surface area (Å²) < 4.78 is 30.1. The summed E-state index contributed by atoms with van der Waals surface area (Å²) in [6.07, 6.45) is 19.2. The molecule has 3 aliphatic heterocycles. The van der Waals surface area contributed by atoms with Crippen molar-refractivity contribution in [1.82, 2.24) is 5.43 Å². The molecule has 220 valence electrons. The zero-order chi connectivity index (χ0) is 27.5. The quantitative estimate of drug-likeness (QED) is 0.163. The van der Waals surface area contributed by atoms with E-state index in [9.17, 15) is 4.79 Å². The summed E-state index contributed by atoms with van der Waals surface area (Å²) in [5.41, 5.74) is 3.19. The first-order chi connectivity index (χ1) is 18.2. The monoisotopic (exact) mass is 538 g/mol. The number of nitrogens with zero attached hydrogens (tertiary/aromatic N) is 1. The van der Waals surface area contributed by atoms with E-state index in [1.54, 1.807) is 0 Å². The Morgan fingerprint density at radius 1 is 0.789 bits per heavy atom. The number of ether oxygens (including phenoxy) is 5. The van der Waals surface area contributed by atoms with Crippen LogP contribution in [0.2, 0.25) is 0 Å². The predicted molar refractivity (Wildman–Crippen MR) is 149 cm³/mol. The largest absolute Gasteiger partial charge is 0.344 e. The lowest BCUT2D eigenvalue weighted by molar-refractivity contribution is -0.236. The Morgan fingerprint density at radius 3 is 1.87 bits per heavy atom. The summed E-state index contributed by atoms with van der Waals surface area (Å²) in [4.78, 5) is 12.6. The Bertz CT molecular complexity index is 753. The number of carbonyl (C=O) groups is 1. The Labute approximate surface area is 230 Å². The summed E-state index contributed by atoms with van der Waals surface area (Å²) in [7, 11) is 0. The minimum atomic E-state index is -1.18. The van der Waals surface area contributed by atoms with Gasteiger partial charge in [-0.2, -0.15) is 5.10 Å². The summed E-state index contributed by atoms with van der Waals surface area (Å²) in [6, 6.07) is 0. The lowest BCUT2D eigenvalue weighted by atomic mass is 9.98. The van der Waals surface area contributed by atoms with Crippen LogP contribution in [0.5, 0.6) is 0 Å². The summed E-state index contributed by atoms with van der Waals surface area (Å²) >= 11 is 0. The molecule has 0 unspecified atom stereocenters. The molecule has 0 aromatic carbocycles. The standard InChI is InChI=1S/C30H54N2O6/c1-6-7-8-9-10-11-12-13-14-15-16-17-18-19-20-21-25(33)31-32-27-26-24(36-29(4,5)37-26)22-34-30(27)23-35-28(2,3)38-30/h24,26H,6-23H2,1-5H3,(H,31,33)/b32-27+/t24-,26-,30-/m1/s1. The Hall–Kier alpha value is -1.06. The third-order valence-electron chi connectivity index (χ3n) is 7.65. The SMILES string of the molecule is CCCCCCCCCCCCCCCCCC(=O)N/N=C1\[C@@H]2OC(C)(C)O[C@@H]2CO[C@@]12COC(C)(C)O2. The van der Waals surface area contributed by atoms with E-state index in [-0.39, 0.29) is 18.6 Å². The van der Waals surface area contributed by atoms with E-state index in [0.717, 1.165) is 12.8 Å². The number of fused-ring (bicyclic) bond motifs is 1. The number of rotatable bonds is 17. The number of unbranched alkanes of at least 4 members (excludes halogenated alkanes) is 14. The fourth-order valence-electron chi connectivity index (χ4n) is 5.60. The van der Waals surface area contributed by atoms with Crippen LogP contribution in [0.3, 0.4) is 0 Å². The van der Waals surface area contributed by atoms with Crippen LogP contribution < -0.4 is 5.43 Å². The third-order valence-corrected chi connectivity index (χ3v) is 7.65. The van der Waals surface area contributed by atoms with Gasteiger partial charge in [-0.3, -0.25) is 4.79 Å². The minimum absolute atomic E-state index is 0.110. The van der Waals surface area contributed by atoms with Gasteiger partial charge in [0.2, 0.25) is 11.7 Å².